The van der Waals surface area contributed by atoms with Crippen LogP contribution in [0.25, 0.3) is 0 Å². The van der Waals surface area contributed by atoms with E-state index in [1.807, 2.05) is 13.8 Å². The first-order valence-electron chi connectivity index (χ1n) is 12.0. The molecular formula is C24H45N3O2. The van der Waals surface area contributed by atoms with Crippen LogP contribution in [-0.2, 0) is 9.59 Å². The molecule has 1 saturated heterocycles. The molecule has 1 heterocycles. The number of likely N-dealkylation sites (tertiary alicyclic amines) is 1. The number of hydrogen-bond acceptors (Lipinski definition) is 3. The fraction of sp³-hybridized carbons (Fsp3) is 0.917. The molecule has 29 heavy (non-hydrogen) atoms. The van der Waals surface area contributed by atoms with Crippen LogP contribution in [0.2, 0.25) is 0 Å². The van der Waals surface area contributed by atoms with Crippen LogP contribution >= 0.6 is 0 Å². The Kier molecular flexibility index (Phi) is 9.45. The average Bonchev–Trinajstić information content (AvgIpc) is 2.69. The Bertz CT molecular complexity index is 513. The second kappa shape index (κ2) is 11.3. The lowest BCUT2D eigenvalue weighted by Crippen LogP contribution is -2.51. The highest BCUT2D eigenvalue weighted by Gasteiger charge is 2.34. The van der Waals surface area contributed by atoms with Gasteiger partial charge in [0.15, 0.2) is 0 Å². The summed E-state index contributed by atoms with van der Waals surface area (Å²) >= 11 is 0. The summed E-state index contributed by atoms with van der Waals surface area (Å²) in [5, 5.41) is 6.13. The van der Waals surface area contributed by atoms with Gasteiger partial charge in [0, 0.05) is 12.5 Å². The predicted molar refractivity (Wildman–Crippen MR) is 120 cm³/mol. The molecule has 0 aromatic carbocycles. The van der Waals surface area contributed by atoms with E-state index in [1.165, 1.54) is 32.4 Å². The number of nitrogens with zero attached hydrogens (tertiary/aromatic N) is 1. The van der Waals surface area contributed by atoms with Crippen molar-refractivity contribution in [2.45, 2.75) is 92.0 Å². The Morgan fingerprint density at radius 1 is 1.00 bits per heavy atom. The number of nitrogens with one attached hydrogen (secondary N) is 2. The van der Waals surface area contributed by atoms with Crippen molar-refractivity contribution < 1.29 is 9.59 Å². The summed E-state index contributed by atoms with van der Waals surface area (Å²) in [6, 6.07) is -0.433. The summed E-state index contributed by atoms with van der Waals surface area (Å²) in [6.07, 6.45) is 9.01. The van der Waals surface area contributed by atoms with Gasteiger partial charge in [-0.3, -0.25) is 9.59 Å². The van der Waals surface area contributed by atoms with E-state index in [9.17, 15) is 9.59 Å². The number of hydrogen-bond donors (Lipinski definition) is 2. The van der Waals surface area contributed by atoms with Crippen molar-refractivity contribution in [1.82, 2.24) is 15.5 Å². The van der Waals surface area contributed by atoms with Gasteiger partial charge in [-0.05, 0) is 81.8 Å². The van der Waals surface area contributed by atoms with Crippen molar-refractivity contribution in [3.8, 4) is 0 Å². The normalized spacial score (nSPS) is 24.9. The van der Waals surface area contributed by atoms with Gasteiger partial charge in [-0.1, -0.05) is 41.0 Å². The number of carbonyl (C=O) groups is 2. The zero-order chi connectivity index (χ0) is 21.4. The largest absolute Gasteiger partial charge is 0.354 e. The van der Waals surface area contributed by atoms with E-state index < -0.39 is 6.04 Å². The third kappa shape index (κ3) is 7.92. The molecule has 1 saturated carbocycles. The van der Waals surface area contributed by atoms with Crippen LogP contribution in [0.1, 0.15) is 86.0 Å². The van der Waals surface area contributed by atoms with E-state index in [2.05, 4.69) is 36.3 Å². The molecule has 2 amide bonds. The molecule has 1 atom stereocenters. The first kappa shape index (κ1) is 24.2. The Balaban J connectivity index is 1.73. The molecule has 0 radical (unpaired) electrons. The Morgan fingerprint density at radius 3 is 2.17 bits per heavy atom. The maximum atomic E-state index is 12.8. The molecule has 5 heteroatoms. The van der Waals surface area contributed by atoms with Crippen molar-refractivity contribution in [2.24, 2.45) is 23.2 Å². The summed E-state index contributed by atoms with van der Waals surface area (Å²) in [4.78, 5) is 28.0. The average molecular weight is 408 g/mol. The molecule has 0 unspecified atom stereocenters. The lowest BCUT2D eigenvalue weighted by atomic mass is 9.69. The number of carbonyl (C=O) groups excluding carboxylic acids is 2. The van der Waals surface area contributed by atoms with Crippen molar-refractivity contribution in [3.63, 3.8) is 0 Å². The minimum atomic E-state index is -0.433. The fourth-order valence-electron chi connectivity index (χ4n) is 4.83. The maximum absolute atomic E-state index is 12.8. The number of amides is 2. The van der Waals surface area contributed by atoms with Crippen LogP contribution in [0.5, 0.6) is 0 Å². The first-order valence-corrected chi connectivity index (χ1v) is 12.0. The molecule has 2 rings (SSSR count). The van der Waals surface area contributed by atoms with Gasteiger partial charge in [0.25, 0.3) is 0 Å². The molecule has 0 spiro atoms. The highest BCUT2D eigenvalue weighted by Crippen LogP contribution is 2.39. The summed E-state index contributed by atoms with van der Waals surface area (Å²) in [6.45, 7) is 15.0. The molecule has 1 aliphatic heterocycles. The van der Waals surface area contributed by atoms with Crippen LogP contribution in [0.4, 0.5) is 0 Å². The number of rotatable bonds is 8. The van der Waals surface area contributed by atoms with E-state index in [4.69, 9.17) is 0 Å². The summed E-state index contributed by atoms with van der Waals surface area (Å²) in [5.41, 5.74) is 0.315. The van der Waals surface area contributed by atoms with E-state index in [0.717, 1.165) is 38.6 Å². The van der Waals surface area contributed by atoms with Crippen LogP contribution < -0.4 is 10.6 Å². The first-order chi connectivity index (χ1) is 13.7. The Morgan fingerprint density at radius 2 is 1.62 bits per heavy atom. The molecule has 2 fully saturated rings. The SMILES string of the molecule is CC(C)[C@@H](NC(=O)C1CCC(C(C)(C)C)CC1)C(=O)NCCCN1CCCCC1. The second-order valence-corrected chi connectivity index (χ2v) is 10.7. The maximum Gasteiger partial charge on any atom is 0.242 e. The molecule has 0 aromatic heterocycles. The molecule has 5 nitrogen and oxygen atoms in total. The molecule has 2 aliphatic rings. The van der Waals surface area contributed by atoms with Gasteiger partial charge >= 0.3 is 0 Å². The predicted octanol–water partition coefficient (Wildman–Crippen LogP) is 3.97. The van der Waals surface area contributed by atoms with Gasteiger partial charge in [-0.2, -0.15) is 0 Å². The molecule has 0 bridgehead atoms. The van der Waals surface area contributed by atoms with Gasteiger partial charge in [0.2, 0.25) is 11.8 Å². The summed E-state index contributed by atoms with van der Waals surface area (Å²) in [7, 11) is 0. The minimum Gasteiger partial charge on any atom is -0.354 e. The van der Waals surface area contributed by atoms with Crippen molar-refractivity contribution >= 4 is 11.8 Å². The van der Waals surface area contributed by atoms with Crippen LogP contribution in [0.15, 0.2) is 0 Å². The van der Waals surface area contributed by atoms with Crippen molar-refractivity contribution in [1.29, 1.82) is 0 Å². The van der Waals surface area contributed by atoms with Gasteiger partial charge < -0.3 is 15.5 Å². The van der Waals surface area contributed by atoms with E-state index in [1.54, 1.807) is 0 Å². The highest BCUT2D eigenvalue weighted by molar-refractivity contribution is 5.88. The molecule has 0 aromatic rings. The summed E-state index contributed by atoms with van der Waals surface area (Å²) < 4.78 is 0. The Labute approximate surface area is 178 Å². The molecule has 168 valence electrons. The zero-order valence-corrected chi connectivity index (χ0v) is 19.6. The van der Waals surface area contributed by atoms with E-state index >= 15 is 0 Å². The summed E-state index contributed by atoms with van der Waals surface area (Å²) in [5.74, 6) is 0.874. The quantitative estimate of drug-likeness (QED) is 0.599. The van der Waals surface area contributed by atoms with Gasteiger partial charge in [0.1, 0.15) is 6.04 Å². The monoisotopic (exact) mass is 407 g/mol. The lowest BCUT2D eigenvalue weighted by molar-refractivity contribution is -0.133. The third-order valence-electron chi connectivity index (χ3n) is 6.97. The van der Waals surface area contributed by atoms with Crippen LogP contribution in [0, 0.1) is 23.2 Å². The van der Waals surface area contributed by atoms with Crippen molar-refractivity contribution in [3.05, 3.63) is 0 Å². The molecule has 2 N–H and O–H groups in total. The van der Waals surface area contributed by atoms with E-state index in [-0.39, 0.29) is 23.7 Å². The van der Waals surface area contributed by atoms with Crippen molar-refractivity contribution in [2.75, 3.05) is 26.2 Å². The van der Waals surface area contributed by atoms with Gasteiger partial charge in [0.05, 0.1) is 0 Å². The highest BCUT2D eigenvalue weighted by atomic mass is 16.2. The van der Waals surface area contributed by atoms with Gasteiger partial charge in [-0.15, -0.1) is 0 Å². The Hall–Kier alpha value is -1.10. The van der Waals surface area contributed by atoms with Gasteiger partial charge in [-0.25, -0.2) is 0 Å². The standard InChI is InChI=1S/C24H45N3O2/c1-18(2)21(23(29)25-14-9-17-27-15-7-6-8-16-27)26-22(28)19-10-12-20(13-11-19)24(3,4)5/h18-21H,6-17H2,1-5H3,(H,25,29)(H,26,28)/t19?,20?,21-/m1/s1. The molecular weight excluding hydrogens is 362 g/mol. The molecule has 1 aliphatic carbocycles. The lowest BCUT2D eigenvalue weighted by Gasteiger charge is -2.37. The van der Waals surface area contributed by atoms with E-state index in [0.29, 0.717) is 17.9 Å². The third-order valence-corrected chi connectivity index (χ3v) is 6.97. The minimum absolute atomic E-state index is 0.0321. The second-order valence-electron chi connectivity index (χ2n) is 10.7. The van der Waals surface area contributed by atoms with Crippen LogP contribution in [0.3, 0.4) is 0 Å². The smallest absolute Gasteiger partial charge is 0.242 e. The zero-order valence-electron chi connectivity index (χ0n) is 19.6. The topological polar surface area (TPSA) is 61.4 Å². The fourth-order valence-corrected chi connectivity index (χ4v) is 4.83. The number of piperidine rings is 1. The van der Waals surface area contributed by atoms with Crippen LogP contribution in [-0.4, -0.2) is 48.9 Å².